The van der Waals surface area contributed by atoms with Crippen molar-refractivity contribution in [3.63, 3.8) is 0 Å². The molecular formula is C12H12N2O3. The lowest BCUT2D eigenvalue weighted by Crippen LogP contribution is -2.00. The summed E-state index contributed by atoms with van der Waals surface area (Å²) >= 11 is 0. The van der Waals surface area contributed by atoms with Crippen LogP contribution in [0, 0.1) is 17.0 Å². The second-order valence-corrected chi connectivity index (χ2v) is 3.74. The van der Waals surface area contributed by atoms with Gasteiger partial charge in [0.2, 0.25) is 0 Å². The molecule has 0 aliphatic carbocycles. The minimum absolute atomic E-state index is 0.108. The fraction of sp³-hybridized carbons (Fsp3) is 0.167. The number of non-ortho nitro benzene ring substituents is 1. The number of hydrogen-bond acceptors (Lipinski definition) is 4. The number of aryl methyl sites for hydroxylation is 1. The Morgan fingerprint density at radius 2 is 2.24 bits per heavy atom. The molecule has 1 aromatic heterocycles. The highest BCUT2D eigenvalue weighted by Gasteiger charge is 2.07. The maximum Gasteiger partial charge on any atom is 0.269 e. The van der Waals surface area contributed by atoms with E-state index in [1.165, 1.54) is 6.07 Å². The van der Waals surface area contributed by atoms with E-state index >= 15 is 0 Å². The number of nitrogens with zero attached hydrogens (tertiary/aromatic N) is 1. The quantitative estimate of drug-likeness (QED) is 0.649. The molecule has 5 nitrogen and oxygen atoms in total. The minimum atomic E-state index is -0.396. The molecule has 2 aromatic rings. The van der Waals surface area contributed by atoms with Crippen molar-refractivity contribution in [2.75, 3.05) is 5.32 Å². The predicted molar refractivity (Wildman–Crippen MR) is 63.9 cm³/mol. The third-order valence-corrected chi connectivity index (χ3v) is 2.48. The molecule has 5 heteroatoms. The van der Waals surface area contributed by atoms with E-state index in [-0.39, 0.29) is 5.69 Å². The molecule has 0 spiro atoms. The van der Waals surface area contributed by atoms with Crippen LogP contribution in [-0.4, -0.2) is 4.92 Å². The van der Waals surface area contributed by atoms with Gasteiger partial charge in [-0.2, -0.15) is 0 Å². The standard InChI is InChI=1S/C12H12N2O3/c1-9-6-11(14(15)16)2-3-12(9)13-7-10-4-5-17-8-10/h2-6,8,13H,7H2,1H3. The van der Waals surface area contributed by atoms with Gasteiger partial charge in [0, 0.05) is 29.9 Å². The fourth-order valence-corrected chi connectivity index (χ4v) is 1.55. The summed E-state index contributed by atoms with van der Waals surface area (Å²) in [5.74, 6) is 0. The third kappa shape index (κ3) is 2.63. The Morgan fingerprint density at radius 3 is 2.82 bits per heavy atom. The van der Waals surface area contributed by atoms with Gasteiger partial charge in [-0.3, -0.25) is 10.1 Å². The molecule has 0 saturated carbocycles. The molecule has 0 bridgehead atoms. The van der Waals surface area contributed by atoms with E-state index in [1.807, 2.05) is 13.0 Å². The summed E-state index contributed by atoms with van der Waals surface area (Å²) in [6.45, 7) is 2.47. The van der Waals surface area contributed by atoms with E-state index in [2.05, 4.69) is 5.32 Å². The lowest BCUT2D eigenvalue weighted by molar-refractivity contribution is -0.384. The van der Waals surface area contributed by atoms with Crippen LogP contribution in [0.3, 0.4) is 0 Å². The number of rotatable bonds is 4. The van der Waals surface area contributed by atoms with Crippen LogP contribution in [0.5, 0.6) is 0 Å². The molecule has 0 aliphatic rings. The van der Waals surface area contributed by atoms with Crippen molar-refractivity contribution in [1.82, 2.24) is 0 Å². The van der Waals surface area contributed by atoms with Crippen molar-refractivity contribution >= 4 is 11.4 Å². The van der Waals surface area contributed by atoms with Gasteiger partial charge in [0.1, 0.15) is 0 Å². The molecular weight excluding hydrogens is 220 g/mol. The topological polar surface area (TPSA) is 68.3 Å². The molecule has 0 fully saturated rings. The Balaban J connectivity index is 2.09. The summed E-state index contributed by atoms with van der Waals surface area (Å²) in [6.07, 6.45) is 3.27. The molecule has 1 N–H and O–H groups in total. The fourth-order valence-electron chi connectivity index (χ4n) is 1.55. The molecule has 2 rings (SSSR count). The van der Waals surface area contributed by atoms with E-state index in [1.54, 1.807) is 24.7 Å². The Labute approximate surface area is 98.2 Å². The average molecular weight is 232 g/mol. The second kappa shape index (κ2) is 4.69. The monoisotopic (exact) mass is 232 g/mol. The number of hydrogen-bond donors (Lipinski definition) is 1. The summed E-state index contributed by atoms with van der Waals surface area (Å²) in [4.78, 5) is 10.2. The van der Waals surface area contributed by atoms with E-state index < -0.39 is 4.92 Å². The molecule has 88 valence electrons. The van der Waals surface area contributed by atoms with Gasteiger partial charge in [0.25, 0.3) is 5.69 Å². The first-order valence-electron chi connectivity index (χ1n) is 5.17. The van der Waals surface area contributed by atoms with Crippen molar-refractivity contribution < 1.29 is 9.34 Å². The van der Waals surface area contributed by atoms with Crippen LogP contribution in [0.2, 0.25) is 0 Å². The van der Waals surface area contributed by atoms with Crippen LogP contribution >= 0.6 is 0 Å². The van der Waals surface area contributed by atoms with Gasteiger partial charge in [-0.1, -0.05) is 0 Å². The van der Waals surface area contributed by atoms with Crippen LogP contribution in [0.25, 0.3) is 0 Å². The first-order valence-corrected chi connectivity index (χ1v) is 5.17. The van der Waals surface area contributed by atoms with E-state index in [4.69, 9.17) is 4.42 Å². The number of nitro groups is 1. The van der Waals surface area contributed by atoms with Gasteiger partial charge in [-0.15, -0.1) is 0 Å². The Bertz CT molecular complexity index is 521. The van der Waals surface area contributed by atoms with Crippen molar-refractivity contribution in [1.29, 1.82) is 0 Å². The lowest BCUT2D eigenvalue weighted by atomic mass is 10.1. The molecule has 0 saturated heterocycles. The molecule has 0 aliphatic heterocycles. The zero-order valence-electron chi connectivity index (χ0n) is 9.34. The number of nitrogens with one attached hydrogen (secondary N) is 1. The average Bonchev–Trinajstić information content (AvgIpc) is 2.80. The molecule has 1 aromatic carbocycles. The highest BCUT2D eigenvalue weighted by Crippen LogP contribution is 2.21. The van der Waals surface area contributed by atoms with Gasteiger partial charge in [-0.25, -0.2) is 0 Å². The van der Waals surface area contributed by atoms with Crippen molar-refractivity contribution in [3.05, 3.63) is 58.0 Å². The molecule has 17 heavy (non-hydrogen) atoms. The molecule has 0 atom stereocenters. The molecule has 1 heterocycles. The number of benzene rings is 1. The summed E-state index contributed by atoms with van der Waals surface area (Å²) in [5.41, 5.74) is 2.87. The Kier molecular flexibility index (Phi) is 3.09. The summed E-state index contributed by atoms with van der Waals surface area (Å²) < 4.78 is 4.95. The highest BCUT2D eigenvalue weighted by molar-refractivity contribution is 5.55. The smallest absolute Gasteiger partial charge is 0.269 e. The Morgan fingerprint density at radius 1 is 1.41 bits per heavy atom. The van der Waals surface area contributed by atoms with Crippen LogP contribution < -0.4 is 5.32 Å². The third-order valence-electron chi connectivity index (χ3n) is 2.48. The van der Waals surface area contributed by atoms with Gasteiger partial charge in [0.05, 0.1) is 17.4 Å². The normalized spacial score (nSPS) is 10.2. The Hall–Kier alpha value is -2.30. The minimum Gasteiger partial charge on any atom is -0.472 e. The van der Waals surface area contributed by atoms with Crippen molar-refractivity contribution in [2.24, 2.45) is 0 Å². The summed E-state index contributed by atoms with van der Waals surface area (Å²) in [7, 11) is 0. The van der Waals surface area contributed by atoms with Crippen LogP contribution in [-0.2, 0) is 6.54 Å². The summed E-state index contributed by atoms with van der Waals surface area (Å²) in [6, 6.07) is 6.63. The lowest BCUT2D eigenvalue weighted by Gasteiger charge is -2.07. The number of nitro benzene ring substituents is 1. The van der Waals surface area contributed by atoms with Gasteiger partial charge in [-0.05, 0) is 24.6 Å². The molecule has 0 radical (unpaired) electrons. The number of furan rings is 1. The first kappa shape index (κ1) is 11.2. The maximum absolute atomic E-state index is 10.6. The van der Waals surface area contributed by atoms with E-state index in [0.717, 1.165) is 16.8 Å². The highest BCUT2D eigenvalue weighted by atomic mass is 16.6. The maximum atomic E-state index is 10.6. The zero-order valence-corrected chi connectivity index (χ0v) is 9.34. The van der Waals surface area contributed by atoms with Crippen LogP contribution in [0.15, 0.2) is 41.2 Å². The second-order valence-electron chi connectivity index (χ2n) is 3.74. The van der Waals surface area contributed by atoms with Gasteiger partial charge < -0.3 is 9.73 Å². The largest absolute Gasteiger partial charge is 0.472 e. The number of anilines is 1. The summed E-state index contributed by atoms with van der Waals surface area (Å²) in [5, 5.41) is 13.8. The SMILES string of the molecule is Cc1cc([N+](=O)[O-])ccc1NCc1ccoc1. The first-order chi connectivity index (χ1) is 8.16. The van der Waals surface area contributed by atoms with Gasteiger partial charge >= 0.3 is 0 Å². The molecule has 0 amide bonds. The van der Waals surface area contributed by atoms with E-state index in [9.17, 15) is 10.1 Å². The van der Waals surface area contributed by atoms with Crippen molar-refractivity contribution in [3.8, 4) is 0 Å². The van der Waals surface area contributed by atoms with Crippen LogP contribution in [0.4, 0.5) is 11.4 Å². The molecule has 0 unspecified atom stereocenters. The van der Waals surface area contributed by atoms with Crippen molar-refractivity contribution in [2.45, 2.75) is 13.5 Å². The van der Waals surface area contributed by atoms with Crippen LogP contribution in [0.1, 0.15) is 11.1 Å². The van der Waals surface area contributed by atoms with Gasteiger partial charge in [0.15, 0.2) is 0 Å². The van der Waals surface area contributed by atoms with E-state index in [0.29, 0.717) is 6.54 Å². The zero-order chi connectivity index (χ0) is 12.3. The predicted octanol–water partition coefficient (Wildman–Crippen LogP) is 3.11.